The Morgan fingerprint density at radius 3 is 1.40 bits per heavy atom. The predicted molar refractivity (Wildman–Crippen MR) is 93.1 cm³/mol. The maximum absolute atomic E-state index is 6.09. The van der Waals surface area contributed by atoms with Crippen molar-refractivity contribution >= 4 is 0 Å². The molecule has 0 aliphatic carbocycles. The van der Waals surface area contributed by atoms with E-state index in [4.69, 9.17) is 5.73 Å². The van der Waals surface area contributed by atoms with Crippen molar-refractivity contribution in [1.82, 2.24) is 0 Å². The first kappa shape index (κ1) is 20.0. The van der Waals surface area contributed by atoms with E-state index in [-0.39, 0.29) is 0 Å². The van der Waals surface area contributed by atoms with Crippen LogP contribution in [0, 0.1) is 11.8 Å². The van der Waals surface area contributed by atoms with Gasteiger partial charge in [-0.2, -0.15) is 0 Å². The van der Waals surface area contributed by atoms with Gasteiger partial charge in [0.25, 0.3) is 0 Å². The molecule has 0 fully saturated rings. The van der Waals surface area contributed by atoms with Crippen LogP contribution in [0.1, 0.15) is 104 Å². The molecule has 122 valence electrons. The lowest BCUT2D eigenvalue weighted by Crippen LogP contribution is -2.24. The molecule has 0 spiro atoms. The highest BCUT2D eigenvalue weighted by Crippen LogP contribution is 2.28. The highest BCUT2D eigenvalue weighted by atomic mass is 14.6. The van der Waals surface area contributed by atoms with Crippen LogP contribution < -0.4 is 5.73 Å². The van der Waals surface area contributed by atoms with Crippen LogP contribution in [-0.2, 0) is 0 Å². The quantitative estimate of drug-likeness (QED) is 0.350. The van der Waals surface area contributed by atoms with Crippen LogP contribution >= 0.6 is 0 Å². The van der Waals surface area contributed by atoms with E-state index in [1.807, 2.05) is 0 Å². The second-order valence-corrected chi connectivity index (χ2v) is 6.60. The molecule has 0 rings (SSSR count). The number of nitrogens with two attached hydrogens (primary N) is 1. The first-order valence-corrected chi connectivity index (χ1v) is 9.50. The molecular formula is C19H41N. The topological polar surface area (TPSA) is 26.0 Å². The third-order valence-electron chi connectivity index (χ3n) is 4.75. The number of unbranched alkanes of at least 4 members (excludes halogenated alkanes) is 7. The summed E-state index contributed by atoms with van der Waals surface area (Å²) in [4.78, 5) is 0. The van der Waals surface area contributed by atoms with Gasteiger partial charge in [0.15, 0.2) is 0 Å². The van der Waals surface area contributed by atoms with E-state index in [2.05, 4.69) is 20.8 Å². The van der Waals surface area contributed by atoms with Crippen molar-refractivity contribution < 1.29 is 0 Å². The van der Waals surface area contributed by atoms with Crippen molar-refractivity contribution in [2.24, 2.45) is 17.6 Å². The minimum absolute atomic E-state index is 0.792. The fourth-order valence-corrected chi connectivity index (χ4v) is 3.31. The van der Waals surface area contributed by atoms with E-state index >= 15 is 0 Å². The van der Waals surface area contributed by atoms with Crippen molar-refractivity contribution in [2.45, 2.75) is 104 Å². The molecule has 0 heterocycles. The van der Waals surface area contributed by atoms with E-state index in [1.54, 1.807) is 0 Å². The summed E-state index contributed by atoms with van der Waals surface area (Å²) in [6.45, 7) is 7.80. The zero-order chi connectivity index (χ0) is 15.1. The summed E-state index contributed by atoms with van der Waals surface area (Å²) in [7, 11) is 0. The largest absolute Gasteiger partial charge is 0.330 e. The van der Waals surface area contributed by atoms with E-state index in [0.29, 0.717) is 0 Å². The maximum Gasteiger partial charge on any atom is -0.00462 e. The molecular weight excluding hydrogens is 242 g/mol. The molecule has 0 aromatic rings. The van der Waals surface area contributed by atoms with Crippen LogP contribution in [0.15, 0.2) is 0 Å². The van der Waals surface area contributed by atoms with Gasteiger partial charge in [-0.25, -0.2) is 0 Å². The Morgan fingerprint density at radius 2 is 0.950 bits per heavy atom. The molecule has 0 saturated heterocycles. The minimum atomic E-state index is 0.792. The van der Waals surface area contributed by atoms with Gasteiger partial charge in [-0.1, -0.05) is 97.8 Å². The van der Waals surface area contributed by atoms with Crippen molar-refractivity contribution in [1.29, 1.82) is 0 Å². The molecule has 20 heavy (non-hydrogen) atoms. The van der Waals surface area contributed by atoms with E-state index < -0.39 is 0 Å². The van der Waals surface area contributed by atoms with Crippen LogP contribution in [0.3, 0.4) is 0 Å². The number of hydrogen-bond donors (Lipinski definition) is 1. The van der Waals surface area contributed by atoms with Gasteiger partial charge in [0, 0.05) is 0 Å². The van der Waals surface area contributed by atoms with E-state index in [0.717, 1.165) is 18.4 Å². The average Bonchev–Trinajstić information content (AvgIpc) is 2.47. The fraction of sp³-hybridized carbons (Fsp3) is 1.00. The standard InChI is InChI=1S/C19H41N/c1-4-7-10-13-15-18(14-11-8-5-2)19(17-20)16-12-9-6-3/h18-19H,4-17,20H2,1-3H3. The van der Waals surface area contributed by atoms with Crippen molar-refractivity contribution in [3.8, 4) is 0 Å². The summed E-state index contributed by atoms with van der Waals surface area (Å²) in [5.41, 5.74) is 6.09. The summed E-state index contributed by atoms with van der Waals surface area (Å²) in [5, 5.41) is 0. The van der Waals surface area contributed by atoms with Crippen molar-refractivity contribution in [3.63, 3.8) is 0 Å². The third kappa shape index (κ3) is 10.7. The van der Waals surface area contributed by atoms with Crippen molar-refractivity contribution in [2.75, 3.05) is 6.54 Å². The zero-order valence-electron chi connectivity index (χ0n) is 14.6. The lowest BCUT2D eigenvalue weighted by atomic mass is 9.81. The number of rotatable bonds is 15. The monoisotopic (exact) mass is 283 g/mol. The SMILES string of the molecule is CCCCCCC(CCCCC)C(CN)CCCCC. The van der Waals surface area contributed by atoms with Crippen LogP contribution in [0.5, 0.6) is 0 Å². The highest BCUT2D eigenvalue weighted by Gasteiger charge is 2.19. The minimum Gasteiger partial charge on any atom is -0.330 e. The first-order chi connectivity index (χ1) is 9.79. The summed E-state index contributed by atoms with van der Waals surface area (Å²) < 4.78 is 0. The Kier molecular flexibility index (Phi) is 15.3. The molecule has 0 aromatic heterocycles. The Bertz CT molecular complexity index is 179. The predicted octanol–water partition coefficient (Wildman–Crippen LogP) is 6.31. The second-order valence-electron chi connectivity index (χ2n) is 6.60. The van der Waals surface area contributed by atoms with Crippen LogP contribution in [0.25, 0.3) is 0 Å². The Hall–Kier alpha value is -0.0400. The molecule has 1 nitrogen and oxygen atoms in total. The van der Waals surface area contributed by atoms with E-state index in [1.165, 1.54) is 83.5 Å². The van der Waals surface area contributed by atoms with Crippen LogP contribution in [0.4, 0.5) is 0 Å². The molecule has 2 atom stereocenters. The zero-order valence-corrected chi connectivity index (χ0v) is 14.6. The van der Waals surface area contributed by atoms with Gasteiger partial charge in [-0.3, -0.25) is 0 Å². The van der Waals surface area contributed by atoms with Gasteiger partial charge in [-0.05, 0) is 24.8 Å². The van der Waals surface area contributed by atoms with Gasteiger partial charge in [0.1, 0.15) is 0 Å². The summed E-state index contributed by atoms with van der Waals surface area (Å²) in [6.07, 6.45) is 18.1. The Labute approximate surface area is 129 Å². The first-order valence-electron chi connectivity index (χ1n) is 9.50. The molecule has 0 bridgehead atoms. The Morgan fingerprint density at radius 1 is 0.550 bits per heavy atom. The summed E-state index contributed by atoms with van der Waals surface area (Å²) in [6, 6.07) is 0. The lowest BCUT2D eigenvalue weighted by molar-refractivity contribution is 0.263. The molecule has 0 aromatic carbocycles. The second kappa shape index (κ2) is 15.4. The van der Waals surface area contributed by atoms with Gasteiger partial charge in [-0.15, -0.1) is 0 Å². The molecule has 1 heteroatoms. The number of hydrogen-bond acceptors (Lipinski definition) is 1. The van der Waals surface area contributed by atoms with Crippen LogP contribution in [0.2, 0.25) is 0 Å². The molecule has 2 N–H and O–H groups in total. The van der Waals surface area contributed by atoms with Crippen molar-refractivity contribution in [3.05, 3.63) is 0 Å². The average molecular weight is 284 g/mol. The highest BCUT2D eigenvalue weighted by molar-refractivity contribution is 4.72. The molecule has 0 radical (unpaired) electrons. The molecule has 0 saturated carbocycles. The van der Waals surface area contributed by atoms with Gasteiger partial charge < -0.3 is 5.73 Å². The van der Waals surface area contributed by atoms with Gasteiger partial charge in [0.05, 0.1) is 0 Å². The summed E-state index contributed by atoms with van der Waals surface area (Å²) in [5.74, 6) is 1.69. The van der Waals surface area contributed by atoms with Crippen LogP contribution in [-0.4, -0.2) is 6.54 Å². The summed E-state index contributed by atoms with van der Waals surface area (Å²) >= 11 is 0. The molecule has 0 aliphatic heterocycles. The Balaban J connectivity index is 4.13. The van der Waals surface area contributed by atoms with E-state index in [9.17, 15) is 0 Å². The lowest BCUT2D eigenvalue weighted by Gasteiger charge is -2.26. The van der Waals surface area contributed by atoms with Gasteiger partial charge in [0.2, 0.25) is 0 Å². The normalized spacial score (nSPS) is 14.4. The molecule has 2 unspecified atom stereocenters. The molecule has 0 aliphatic rings. The smallest absolute Gasteiger partial charge is 0.00462 e. The maximum atomic E-state index is 6.09. The fourth-order valence-electron chi connectivity index (χ4n) is 3.31. The third-order valence-corrected chi connectivity index (χ3v) is 4.75. The molecule has 0 amide bonds. The van der Waals surface area contributed by atoms with Gasteiger partial charge >= 0.3 is 0 Å².